The van der Waals surface area contributed by atoms with Gasteiger partial charge in [0, 0.05) is 0 Å². The minimum Gasteiger partial charge on any atom is -0.192 e. The zero-order valence-electron chi connectivity index (χ0n) is 5.91. The Morgan fingerprint density at radius 3 is 2.73 bits per heavy atom. The molecule has 0 aliphatic carbocycles. The van der Waals surface area contributed by atoms with Crippen molar-refractivity contribution in [2.45, 2.75) is 0 Å². The molecule has 0 unspecified atom stereocenters. The van der Waals surface area contributed by atoms with E-state index in [0.29, 0.717) is 5.56 Å². The molecular weight excluding hydrogens is 134 g/mol. The van der Waals surface area contributed by atoms with Crippen LogP contribution in [0.25, 0.3) is 0 Å². The van der Waals surface area contributed by atoms with E-state index in [0.717, 1.165) is 5.56 Å². The predicted octanol–water partition coefficient (Wildman–Crippen LogP) is 1.74. The second-order valence-corrected chi connectivity index (χ2v) is 2.01. The Labute approximate surface area is 66.3 Å². The number of hydrogen-bond donors (Lipinski definition) is 0. The summed E-state index contributed by atoms with van der Waals surface area (Å²) in [7, 11) is 0. The highest BCUT2D eigenvalue weighted by molar-refractivity contribution is 5.44. The highest BCUT2D eigenvalue weighted by Crippen LogP contribution is 2.08. The number of nitriles is 1. The average molecular weight is 140 g/mol. The van der Waals surface area contributed by atoms with Gasteiger partial charge in [0.25, 0.3) is 0 Å². The van der Waals surface area contributed by atoms with E-state index in [4.69, 9.17) is 11.7 Å². The summed E-state index contributed by atoms with van der Waals surface area (Å²) >= 11 is 0. The third-order valence-electron chi connectivity index (χ3n) is 1.32. The van der Waals surface area contributed by atoms with Crippen molar-refractivity contribution in [3.63, 3.8) is 0 Å². The van der Waals surface area contributed by atoms with Crippen LogP contribution in [0.5, 0.6) is 0 Å². The molecule has 51 valence electrons. The largest absolute Gasteiger partial charge is 0.192 e. The molecule has 1 nitrogen and oxygen atoms in total. The number of benzene rings is 1. The molecule has 0 aliphatic rings. The van der Waals surface area contributed by atoms with E-state index >= 15 is 0 Å². The minimum atomic E-state index is 0.616. The molecule has 0 atom stereocenters. The van der Waals surface area contributed by atoms with E-state index in [-0.39, 0.29) is 0 Å². The molecular formula is C10H6N. The summed E-state index contributed by atoms with van der Waals surface area (Å²) in [5.41, 5.74) is 1.42. The molecule has 0 fully saturated rings. The van der Waals surface area contributed by atoms with E-state index in [1.807, 2.05) is 18.2 Å². The lowest BCUT2D eigenvalue weighted by atomic mass is 10.1. The first kappa shape index (κ1) is 7.38. The van der Waals surface area contributed by atoms with Gasteiger partial charge in [-0.1, -0.05) is 24.1 Å². The Hall–Kier alpha value is -1.73. The molecule has 0 heterocycles. The summed E-state index contributed by atoms with van der Waals surface area (Å²) in [6, 6.07) is 9.27. The Morgan fingerprint density at radius 1 is 1.36 bits per heavy atom. The van der Waals surface area contributed by atoms with Gasteiger partial charge in [-0.3, -0.25) is 0 Å². The standard InChI is InChI=1S/C10H6N/c1-2-5-9-6-3-4-7-10(9)8-11/h1,3-7H. The summed E-state index contributed by atoms with van der Waals surface area (Å²) in [5, 5.41) is 8.61. The van der Waals surface area contributed by atoms with Crippen LogP contribution in [-0.2, 0) is 0 Å². The molecule has 1 rings (SSSR count). The Morgan fingerprint density at radius 2 is 2.09 bits per heavy atom. The monoisotopic (exact) mass is 140 g/mol. The van der Waals surface area contributed by atoms with Gasteiger partial charge in [0.15, 0.2) is 0 Å². The number of terminal acetylenes is 1. The summed E-state index contributed by atoms with van der Waals surface area (Å²) in [5.74, 6) is 2.38. The maximum Gasteiger partial charge on any atom is 0.0994 e. The third kappa shape index (κ3) is 1.60. The molecule has 1 heteroatoms. The molecule has 1 aromatic carbocycles. The molecule has 0 N–H and O–H groups in total. The average Bonchev–Trinajstić information content (AvgIpc) is 2.06. The lowest BCUT2D eigenvalue weighted by molar-refractivity contribution is 1.44. The van der Waals surface area contributed by atoms with E-state index in [1.165, 1.54) is 0 Å². The van der Waals surface area contributed by atoms with E-state index in [9.17, 15) is 0 Å². The van der Waals surface area contributed by atoms with Crippen molar-refractivity contribution in [3.05, 3.63) is 41.8 Å². The summed E-state index contributed by atoms with van der Waals surface area (Å²) in [6.45, 7) is 0. The van der Waals surface area contributed by atoms with Gasteiger partial charge in [0.1, 0.15) is 0 Å². The molecule has 0 spiro atoms. The molecule has 0 bridgehead atoms. The maximum absolute atomic E-state index is 8.61. The first-order valence-corrected chi connectivity index (χ1v) is 3.17. The topological polar surface area (TPSA) is 23.8 Å². The number of rotatable bonds is 1. The van der Waals surface area contributed by atoms with Gasteiger partial charge in [-0.15, -0.1) is 6.42 Å². The quantitative estimate of drug-likeness (QED) is 0.545. The molecule has 0 saturated carbocycles. The smallest absolute Gasteiger partial charge is 0.0994 e. The predicted molar refractivity (Wildman–Crippen MR) is 43.4 cm³/mol. The molecule has 0 aliphatic heterocycles. The highest BCUT2D eigenvalue weighted by atomic mass is 14.2. The van der Waals surface area contributed by atoms with Crippen molar-refractivity contribution in [3.8, 4) is 18.4 Å². The Kier molecular flexibility index (Phi) is 2.31. The van der Waals surface area contributed by atoms with Crippen molar-refractivity contribution in [2.24, 2.45) is 0 Å². The van der Waals surface area contributed by atoms with Crippen LogP contribution >= 0.6 is 0 Å². The van der Waals surface area contributed by atoms with Crippen LogP contribution in [0.4, 0.5) is 0 Å². The minimum absolute atomic E-state index is 0.616. The summed E-state index contributed by atoms with van der Waals surface area (Å²) in [6.07, 6.45) is 6.65. The fourth-order valence-electron chi connectivity index (χ4n) is 0.814. The van der Waals surface area contributed by atoms with Crippen LogP contribution in [0.1, 0.15) is 11.1 Å². The van der Waals surface area contributed by atoms with Gasteiger partial charge < -0.3 is 0 Å². The van der Waals surface area contributed by atoms with Crippen LogP contribution < -0.4 is 0 Å². The fourth-order valence-corrected chi connectivity index (χ4v) is 0.814. The molecule has 1 aromatic rings. The van der Waals surface area contributed by atoms with Crippen molar-refractivity contribution >= 4 is 0 Å². The van der Waals surface area contributed by atoms with Gasteiger partial charge in [-0.2, -0.15) is 5.26 Å². The molecule has 0 aromatic heterocycles. The SMILES string of the molecule is C#C[CH]c1ccccc1C#N. The van der Waals surface area contributed by atoms with Crippen LogP contribution in [0.2, 0.25) is 0 Å². The number of hydrogen-bond acceptors (Lipinski definition) is 1. The van der Waals surface area contributed by atoms with Crippen molar-refractivity contribution < 1.29 is 0 Å². The van der Waals surface area contributed by atoms with E-state index in [2.05, 4.69) is 12.0 Å². The highest BCUT2D eigenvalue weighted by Gasteiger charge is 1.96. The Bertz CT molecular complexity index is 325. The van der Waals surface area contributed by atoms with Crippen molar-refractivity contribution in [2.75, 3.05) is 0 Å². The van der Waals surface area contributed by atoms with Crippen LogP contribution in [0.15, 0.2) is 24.3 Å². The lowest BCUT2D eigenvalue weighted by Gasteiger charge is -1.95. The third-order valence-corrected chi connectivity index (χ3v) is 1.32. The summed E-state index contributed by atoms with van der Waals surface area (Å²) < 4.78 is 0. The van der Waals surface area contributed by atoms with E-state index < -0.39 is 0 Å². The second kappa shape index (κ2) is 3.44. The zero-order chi connectivity index (χ0) is 8.10. The van der Waals surface area contributed by atoms with E-state index in [1.54, 1.807) is 12.5 Å². The van der Waals surface area contributed by atoms with Gasteiger partial charge in [0.2, 0.25) is 0 Å². The lowest BCUT2D eigenvalue weighted by Crippen LogP contribution is -1.83. The van der Waals surface area contributed by atoms with Crippen molar-refractivity contribution in [1.82, 2.24) is 0 Å². The fraction of sp³-hybridized carbons (Fsp3) is 0. The Balaban J connectivity index is 3.07. The van der Waals surface area contributed by atoms with Crippen LogP contribution in [0, 0.1) is 30.1 Å². The molecule has 11 heavy (non-hydrogen) atoms. The number of nitrogens with zero attached hydrogens (tertiary/aromatic N) is 1. The molecule has 0 amide bonds. The van der Waals surface area contributed by atoms with Gasteiger partial charge in [0.05, 0.1) is 18.1 Å². The summed E-state index contributed by atoms with van der Waals surface area (Å²) in [4.78, 5) is 0. The first-order valence-electron chi connectivity index (χ1n) is 3.17. The van der Waals surface area contributed by atoms with Crippen LogP contribution in [0.3, 0.4) is 0 Å². The van der Waals surface area contributed by atoms with Crippen molar-refractivity contribution in [1.29, 1.82) is 5.26 Å². The van der Waals surface area contributed by atoms with Gasteiger partial charge in [-0.05, 0) is 11.6 Å². The zero-order valence-corrected chi connectivity index (χ0v) is 5.91. The van der Waals surface area contributed by atoms with Gasteiger partial charge in [-0.25, -0.2) is 0 Å². The van der Waals surface area contributed by atoms with Crippen LogP contribution in [-0.4, -0.2) is 0 Å². The normalized spacial score (nSPS) is 8.18. The molecule has 1 radical (unpaired) electrons. The second-order valence-electron chi connectivity index (χ2n) is 2.01. The first-order chi connectivity index (χ1) is 5.38. The van der Waals surface area contributed by atoms with Gasteiger partial charge >= 0.3 is 0 Å². The maximum atomic E-state index is 8.61. The molecule has 0 saturated heterocycles.